The molecule has 1 aromatic heterocycles. The van der Waals surface area contributed by atoms with Crippen molar-refractivity contribution >= 4 is 17.3 Å². The number of hydrogen-bond acceptors (Lipinski definition) is 4. The van der Waals surface area contributed by atoms with Gasteiger partial charge in [-0.25, -0.2) is 4.79 Å². The number of esters is 1. The van der Waals surface area contributed by atoms with Gasteiger partial charge in [0.2, 0.25) is 0 Å². The molecule has 1 rings (SSSR count). The molecule has 1 atom stereocenters. The summed E-state index contributed by atoms with van der Waals surface area (Å²) in [4.78, 5) is 13.0. The molecule has 0 fully saturated rings. The fourth-order valence-corrected chi connectivity index (χ4v) is 2.85. The molecule has 0 aliphatic carbocycles. The summed E-state index contributed by atoms with van der Waals surface area (Å²) in [7, 11) is 0. The number of aliphatic hydroxyl groups excluding tert-OH is 1. The Morgan fingerprint density at radius 1 is 1.26 bits per heavy atom. The minimum atomic E-state index is -0.449. The van der Waals surface area contributed by atoms with Crippen LogP contribution in [0.2, 0.25) is 0 Å². The second-order valence-corrected chi connectivity index (χ2v) is 5.76. The molecule has 1 unspecified atom stereocenters. The Morgan fingerprint density at radius 3 is 2.68 bits per heavy atom. The number of unbranched alkanes of at least 4 members (excludes halogenated alkanes) is 4. The summed E-state index contributed by atoms with van der Waals surface area (Å²) in [6, 6.07) is 3.56. The molecule has 0 radical (unpaired) electrons. The Morgan fingerprint density at radius 2 is 2.00 bits per heavy atom. The summed E-state index contributed by atoms with van der Waals surface area (Å²) in [5, 5.41) is 10.1. The zero-order chi connectivity index (χ0) is 14.1. The summed E-state index contributed by atoms with van der Waals surface area (Å²) < 4.78 is 4.94. The van der Waals surface area contributed by atoms with Crippen molar-refractivity contribution in [1.29, 1.82) is 0 Å². The minimum absolute atomic E-state index is 0.297. The molecule has 0 aromatic carbocycles. The molecule has 0 saturated heterocycles. The van der Waals surface area contributed by atoms with Crippen LogP contribution in [0.3, 0.4) is 0 Å². The summed E-state index contributed by atoms with van der Waals surface area (Å²) >= 11 is 1.33. The Balaban J connectivity index is 2.36. The molecule has 1 aromatic rings. The predicted octanol–water partition coefficient (Wildman–Crippen LogP) is 4.32. The van der Waals surface area contributed by atoms with Crippen LogP contribution in [-0.4, -0.2) is 17.7 Å². The lowest BCUT2D eigenvalue weighted by Gasteiger charge is -2.07. The highest BCUT2D eigenvalue weighted by Crippen LogP contribution is 2.27. The van der Waals surface area contributed by atoms with Crippen molar-refractivity contribution in [2.75, 3.05) is 6.61 Å². The van der Waals surface area contributed by atoms with Crippen LogP contribution in [0.15, 0.2) is 12.1 Å². The van der Waals surface area contributed by atoms with E-state index in [9.17, 15) is 9.90 Å². The number of thiophene rings is 1. The number of aliphatic hydroxyl groups is 1. The fraction of sp³-hybridized carbons (Fsp3) is 0.667. The van der Waals surface area contributed by atoms with Gasteiger partial charge in [0.15, 0.2) is 0 Å². The molecular weight excluding hydrogens is 260 g/mol. The van der Waals surface area contributed by atoms with E-state index in [2.05, 4.69) is 6.92 Å². The van der Waals surface area contributed by atoms with Gasteiger partial charge in [-0.05, 0) is 25.5 Å². The second kappa shape index (κ2) is 9.10. The molecule has 0 aliphatic heterocycles. The van der Waals surface area contributed by atoms with Crippen LogP contribution in [0.1, 0.15) is 73.0 Å². The van der Waals surface area contributed by atoms with Crippen molar-refractivity contribution in [3.63, 3.8) is 0 Å². The van der Waals surface area contributed by atoms with E-state index in [1.54, 1.807) is 13.0 Å². The average molecular weight is 284 g/mol. The maximum atomic E-state index is 11.5. The van der Waals surface area contributed by atoms with Crippen LogP contribution in [0.4, 0.5) is 0 Å². The molecule has 0 amide bonds. The first-order valence-corrected chi connectivity index (χ1v) is 7.95. The smallest absolute Gasteiger partial charge is 0.348 e. The van der Waals surface area contributed by atoms with E-state index in [0.29, 0.717) is 11.5 Å². The lowest BCUT2D eigenvalue weighted by molar-refractivity contribution is 0.0532. The predicted molar refractivity (Wildman–Crippen MR) is 78.6 cm³/mol. The molecule has 0 aliphatic rings. The van der Waals surface area contributed by atoms with Crippen molar-refractivity contribution in [3.8, 4) is 0 Å². The summed E-state index contributed by atoms with van der Waals surface area (Å²) in [6.45, 7) is 4.36. The number of rotatable bonds is 9. The van der Waals surface area contributed by atoms with Crippen LogP contribution < -0.4 is 0 Å². The van der Waals surface area contributed by atoms with Gasteiger partial charge in [0.25, 0.3) is 0 Å². The molecule has 1 N–H and O–H groups in total. The Kier molecular flexibility index (Phi) is 7.75. The number of ether oxygens (including phenoxy) is 1. The molecule has 108 valence electrons. The van der Waals surface area contributed by atoms with Gasteiger partial charge in [-0.15, -0.1) is 11.3 Å². The first kappa shape index (κ1) is 16.2. The van der Waals surface area contributed by atoms with Gasteiger partial charge in [-0.1, -0.05) is 39.0 Å². The first-order chi connectivity index (χ1) is 9.19. The molecule has 3 nitrogen and oxygen atoms in total. The molecule has 0 saturated carbocycles. The summed E-state index contributed by atoms with van der Waals surface area (Å²) in [5.74, 6) is -0.297. The zero-order valence-corrected chi connectivity index (χ0v) is 12.7. The summed E-state index contributed by atoms with van der Waals surface area (Å²) in [6.07, 6.45) is 6.26. The van der Waals surface area contributed by atoms with Gasteiger partial charge >= 0.3 is 5.97 Å². The van der Waals surface area contributed by atoms with Crippen molar-refractivity contribution < 1.29 is 14.6 Å². The first-order valence-electron chi connectivity index (χ1n) is 7.14. The van der Waals surface area contributed by atoms with Crippen LogP contribution in [0.25, 0.3) is 0 Å². The monoisotopic (exact) mass is 284 g/mol. The number of carbonyl (C=O) groups is 1. The molecule has 0 bridgehead atoms. The highest BCUT2D eigenvalue weighted by atomic mass is 32.1. The maximum Gasteiger partial charge on any atom is 0.348 e. The topological polar surface area (TPSA) is 46.5 Å². The van der Waals surface area contributed by atoms with Gasteiger partial charge in [0, 0.05) is 4.88 Å². The van der Waals surface area contributed by atoms with Gasteiger partial charge in [-0.3, -0.25) is 0 Å². The van der Waals surface area contributed by atoms with Crippen LogP contribution in [0.5, 0.6) is 0 Å². The van der Waals surface area contributed by atoms with E-state index in [1.807, 2.05) is 6.07 Å². The molecular formula is C15H24O3S. The van der Waals surface area contributed by atoms with Crippen LogP contribution in [0, 0.1) is 0 Å². The highest BCUT2D eigenvalue weighted by molar-refractivity contribution is 7.14. The van der Waals surface area contributed by atoms with Gasteiger partial charge in [0.1, 0.15) is 4.88 Å². The van der Waals surface area contributed by atoms with Crippen molar-refractivity contribution in [1.82, 2.24) is 0 Å². The zero-order valence-electron chi connectivity index (χ0n) is 11.9. The van der Waals surface area contributed by atoms with E-state index in [1.165, 1.54) is 37.0 Å². The fourth-order valence-electron chi connectivity index (χ4n) is 1.93. The largest absolute Gasteiger partial charge is 0.462 e. The van der Waals surface area contributed by atoms with Gasteiger partial charge in [0.05, 0.1) is 12.7 Å². The Bertz CT molecular complexity index is 373. The van der Waals surface area contributed by atoms with Crippen LogP contribution >= 0.6 is 11.3 Å². The van der Waals surface area contributed by atoms with E-state index in [0.717, 1.165) is 17.7 Å². The Labute approximate surface area is 119 Å². The van der Waals surface area contributed by atoms with Crippen molar-refractivity contribution in [2.45, 2.75) is 58.5 Å². The summed E-state index contributed by atoms with van der Waals surface area (Å²) in [5.41, 5.74) is 0. The van der Waals surface area contributed by atoms with Crippen molar-refractivity contribution in [3.05, 3.63) is 21.9 Å². The quantitative estimate of drug-likeness (QED) is 0.542. The third-order valence-corrected chi connectivity index (χ3v) is 4.18. The second-order valence-electron chi connectivity index (χ2n) is 4.64. The van der Waals surface area contributed by atoms with Gasteiger partial charge < -0.3 is 9.84 Å². The normalized spacial score (nSPS) is 12.4. The molecule has 1 heterocycles. The molecule has 19 heavy (non-hydrogen) atoms. The number of hydrogen-bond donors (Lipinski definition) is 1. The van der Waals surface area contributed by atoms with E-state index < -0.39 is 6.10 Å². The lowest BCUT2D eigenvalue weighted by Crippen LogP contribution is -2.01. The van der Waals surface area contributed by atoms with Crippen LogP contribution in [-0.2, 0) is 4.74 Å². The van der Waals surface area contributed by atoms with E-state index in [4.69, 9.17) is 4.74 Å². The van der Waals surface area contributed by atoms with Crippen molar-refractivity contribution in [2.24, 2.45) is 0 Å². The Hall–Kier alpha value is -0.870. The minimum Gasteiger partial charge on any atom is -0.462 e. The molecule has 0 spiro atoms. The maximum absolute atomic E-state index is 11.5. The van der Waals surface area contributed by atoms with Gasteiger partial charge in [-0.2, -0.15) is 0 Å². The highest BCUT2D eigenvalue weighted by Gasteiger charge is 2.14. The number of carbonyl (C=O) groups excluding carboxylic acids is 1. The third kappa shape index (κ3) is 5.74. The average Bonchev–Trinajstić information content (AvgIpc) is 2.88. The third-order valence-electron chi connectivity index (χ3n) is 3.01. The molecule has 4 heteroatoms. The SMILES string of the molecule is CCCCCCCC(O)c1ccc(C(=O)OCC)s1. The standard InChI is InChI=1S/C15H24O3S/c1-3-5-6-7-8-9-12(16)13-10-11-14(19-13)15(17)18-4-2/h10-12,16H,3-9H2,1-2H3. The lowest BCUT2D eigenvalue weighted by atomic mass is 10.1. The van der Waals surface area contributed by atoms with E-state index >= 15 is 0 Å². The van der Waals surface area contributed by atoms with E-state index in [-0.39, 0.29) is 5.97 Å².